The van der Waals surface area contributed by atoms with E-state index in [0.29, 0.717) is 15.7 Å². The quantitative estimate of drug-likeness (QED) is 0.610. The van der Waals surface area contributed by atoms with Gasteiger partial charge in [-0.1, -0.05) is 15.9 Å². The lowest BCUT2D eigenvalue weighted by molar-refractivity contribution is -0.144. The summed E-state index contributed by atoms with van der Waals surface area (Å²) in [6.07, 6.45) is 0. The van der Waals surface area contributed by atoms with Crippen molar-refractivity contribution in [2.75, 3.05) is 12.3 Å². The molecule has 0 aliphatic heterocycles. The highest BCUT2D eigenvalue weighted by Gasteiger charge is 2.25. The minimum absolute atomic E-state index is 0.0283. The summed E-state index contributed by atoms with van der Waals surface area (Å²) in [5.74, 6) is -0.628. The number of halogens is 1. The minimum Gasteiger partial charge on any atom is -0.465 e. The molecule has 0 amide bonds. The largest absolute Gasteiger partial charge is 0.465 e. The van der Waals surface area contributed by atoms with E-state index < -0.39 is 22.0 Å². The van der Waals surface area contributed by atoms with Crippen LogP contribution in [-0.4, -0.2) is 27.0 Å². The number of benzene rings is 1. The van der Waals surface area contributed by atoms with Gasteiger partial charge in [-0.2, -0.15) is 4.72 Å². The van der Waals surface area contributed by atoms with Crippen molar-refractivity contribution < 1.29 is 17.9 Å². The van der Waals surface area contributed by atoms with Crippen LogP contribution in [0.3, 0.4) is 0 Å². The molecule has 0 saturated carbocycles. The maximum Gasteiger partial charge on any atom is 0.323 e. The SMILES string of the molecule is CCOC(=O)C(C)NS(=O)(=O)c1cc(Br)cc(N)c1C. The molecular weight excluding hydrogens is 348 g/mol. The predicted molar refractivity (Wildman–Crippen MR) is 79.7 cm³/mol. The molecule has 0 heterocycles. The molecule has 1 rings (SSSR count). The Bertz CT molecular complexity index is 616. The Morgan fingerprint density at radius 1 is 1.50 bits per heavy atom. The van der Waals surface area contributed by atoms with Gasteiger partial charge in [-0.25, -0.2) is 8.42 Å². The van der Waals surface area contributed by atoms with E-state index in [2.05, 4.69) is 20.7 Å². The number of hydrogen-bond acceptors (Lipinski definition) is 5. The average Bonchev–Trinajstić information content (AvgIpc) is 2.33. The molecule has 0 bridgehead atoms. The maximum absolute atomic E-state index is 12.3. The van der Waals surface area contributed by atoms with E-state index in [1.54, 1.807) is 19.9 Å². The molecule has 1 unspecified atom stereocenters. The fourth-order valence-corrected chi connectivity index (χ4v) is 3.68. The summed E-state index contributed by atoms with van der Waals surface area (Å²) in [6.45, 7) is 4.86. The van der Waals surface area contributed by atoms with Gasteiger partial charge in [0.15, 0.2) is 0 Å². The van der Waals surface area contributed by atoms with Crippen molar-refractivity contribution in [1.82, 2.24) is 4.72 Å². The summed E-state index contributed by atoms with van der Waals surface area (Å²) in [4.78, 5) is 11.5. The lowest BCUT2D eigenvalue weighted by Gasteiger charge is -2.15. The molecule has 6 nitrogen and oxygen atoms in total. The van der Waals surface area contributed by atoms with Gasteiger partial charge in [0.1, 0.15) is 6.04 Å². The van der Waals surface area contributed by atoms with Gasteiger partial charge < -0.3 is 10.5 Å². The number of carbonyl (C=O) groups is 1. The molecule has 0 fully saturated rings. The van der Waals surface area contributed by atoms with Gasteiger partial charge in [-0.15, -0.1) is 0 Å². The van der Waals surface area contributed by atoms with Crippen LogP contribution in [0, 0.1) is 6.92 Å². The number of nitrogens with two attached hydrogens (primary N) is 1. The zero-order chi connectivity index (χ0) is 15.5. The van der Waals surface area contributed by atoms with Crippen LogP contribution in [0.5, 0.6) is 0 Å². The van der Waals surface area contributed by atoms with E-state index in [0.717, 1.165) is 0 Å². The maximum atomic E-state index is 12.3. The Morgan fingerprint density at radius 3 is 2.65 bits per heavy atom. The first-order chi connectivity index (χ1) is 9.19. The fourth-order valence-electron chi connectivity index (χ4n) is 1.56. The van der Waals surface area contributed by atoms with E-state index in [-0.39, 0.29) is 11.5 Å². The molecule has 0 aliphatic rings. The van der Waals surface area contributed by atoms with E-state index in [1.807, 2.05) is 0 Å². The Labute approximate surface area is 126 Å². The van der Waals surface area contributed by atoms with Gasteiger partial charge in [-0.3, -0.25) is 4.79 Å². The minimum atomic E-state index is -3.86. The highest BCUT2D eigenvalue weighted by Crippen LogP contribution is 2.26. The summed E-state index contributed by atoms with van der Waals surface area (Å²) in [6, 6.07) is 2.08. The molecule has 0 aromatic heterocycles. The van der Waals surface area contributed by atoms with Crippen LogP contribution in [0.25, 0.3) is 0 Å². The van der Waals surface area contributed by atoms with Crippen molar-refractivity contribution in [3.63, 3.8) is 0 Å². The summed E-state index contributed by atoms with van der Waals surface area (Å²) in [5, 5.41) is 0. The highest BCUT2D eigenvalue weighted by atomic mass is 79.9. The number of carbonyl (C=O) groups excluding carboxylic acids is 1. The lowest BCUT2D eigenvalue weighted by atomic mass is 10.2. The first kappa shape index (κ1) is 16.9. The molecule has 0 aliphatic carbocycles. The third kappa shape index (κ3) is 3.94. The van der Waals surface area contributed by atoms with Crippen molar-refractivity contribution >= 4 is 37.6 Å². The smallest absolute Gasteiger partial charge is 0.323 e. The van der Waals surface area contributed by atoms with Crippen molar-refractivity contribution in [1.29, 1.82) is 0 Å². The molecule has 0 saturated heterocycles. The van der Waals surface area contributed by atoms with Crippen molar-refractivity contribution in [3.8, 4) is 0 Å². The Morgan fingerprint density at radius 2 is 2.10 bits per heavy atom. The van der Waals surface area contributed by atoms with E-state index in [9.17, 15) is 13.2 Å². The topological polar surface area (TPSA) is 98.5 Å². The van der Waals surface area contributed by atoms with Gasteiger partial charge in [0.05, 0.1) is 11.5 Å². The van der Waals surface area contributed by atoms with E-state index in [4.69, 9.17) is 10.5 Å². The molecule has 1 atom stereocenters. The highest BCUT2D eigenvalue weighted by molar-refractivity contribution is 9.10. The number of esters is 1. The summed E-state index contributed by atoms with van der Waals surface area (Å²) in [7, 11) is -3.86. The van der Waals surface area contributed by atoms with Crippen LogP contribution < -0.4 is 10.5 Å². The standard InChI is InChI=1S/C12H17BrN2O4S/c1-4-19-12(16)8(3)15-20(17,18)11-6-9(13)5-10(14)7(11)2/h5-6,8,15H,4,14H2,1-3H3. The zero-order valence-corrected chi connectivity index (χ0v) is 13.8. The molecule has 8 heteroatoms. The van der Waals surface area contributed by atoms with Crippen LogP contribution in [0.4, 0.5) is 5.69 Å². The van der Waals surface area contributed by atoms with Crippen molar-refractivity contribution in [2.24, 2.45) is 0 Å². The van der Waals surface area contributed by atoms with Gasteiger partial charge >= 0.3 is 5.97 Å². The van der Waals surface area contributed by atoms with Gasteiger partial charge in [0.2, 0.25) is 10.0 Å². The second kappa shape index (κ2) is 6.55. The summed E-state index contributed by atoms with van der Waals surface area (Å²) in [5.41, 5.74) is 6.52. The van der Waals surface area contributed by atoms with E-state index >= 15 is 0 Å². The molecular formula is C12H17BrN2O4S. The number of hydrogen-bond donors (Lipinski definition) is 2. The van der Waals surface area contributed by atoms with Crippen molar-refractivity contribution in [3.05, 3.63) is 22.2 Å². The Hall–Kier alpha value is -1.12. The molecule has 0 spiro atoms. The van der Waals surface area contributed by atoms with Crippen LogP contribution in [0.2, 0.25) is 0 Å². The third-order valence-electron chi connectivity index (χ3n) is 2.63. The molecule has 3 N–H and O–H groups in total. The molecule has 1 aromatic carbocycles. The zero-order valence-electron chi connectivity index (χ0n) is 11.4. The molecule has 0 radical (unpaired) electrons. The number of rotatable bonds is 5. The normalized spacial score (nSPS) is 13.0. The van der Waals surface area contributed by atoms with Gasteiger partial charge in [0.25, 0.3) is 0 Å². The second-order valence-electron chi connectivity index (χ2n) is 4.21. The number of anilines is 1. The van der Waals surface area contributed by atoms with Crippen LogP contribution in [-0.2, 0) is 19.6 Å². The van der Waals surface area contributed by atoms with Gasteiger partial charge in [0, 0.05) is 10.2 Å². The first-order valence-electron chi connectivity index (χ1n) is 5.93. The van der Waals surface area contributed by atoms with Crippen LogP contribution in [0.1, 0.15) is 19.4 Å². The monoisotopic (exact) mass is 364 g/mol. The fraction of sp³-hybridized carbons (Fsp3) is 0.417. The third-order valence-corrected chi connectivity index (χ3v) is 4.75. The Balaban J connectivity index is 3.09. The Kier molecular flexibility index (Phi) is 5.55. The average molecular weight is 365 g/mol. The molecule has 20 heavy (non-hydrogen) atoms. The number of nitrogen functional groups attached to an aromatic ring is 1. The van der Waals surface area contributed by atoms with Gasteiger partial charge in [-0.05, 0) is 38.5 Å². The summed E-state index contributed by atoms with van der Waals surface area (Å²) >= 11 is 3.20. The summed E-state index contributed by atoms with van der Waals surface area (Å²) < 4.78 is 32.1. The number of sulfonamides is 1. The van der Waals surface area contributed by atoms with E-state index in [1.165, 1.54) is 13.0 Å². The van der Waals surface area contributed by atoms with Crippen LogP contribution >= 0.6 is 15.9 Å². The number of ether oxygens (including phenoxy) is 1. The first-order valence-corrected chi connectivity index (χ1v) is 8.21. The molecule has 112 valence electrons. The number of nitrogens with one attached hydrogen (secondary N) is 1. The molecule has 1 aromatic rings. The lowest BCUT2D eigenvalue weighted by Crippen LogP contribution is -2.39. The van der Waals surface area contributed by atoms with Crippen LogP contribution in [0.15, 0.2) is 21.5 Å². The predicted octanol–water partition coefficient (Wildman–Crippen LogP) is 1.57. The second-order valence-corrected chi connectivity index (χ2v) is 6.81. The van der Waals surface area contributed by atoms with Crippen molar-refractivity contribution in [2.45, 2.75) is 31.7 Å².